The molecule has 0 aliphatic carbocycles. The monoisotopic (exact) mass is 294 g/mol. The molecule has 1 rings (SSSR count). The maximum Gasteiger partial charge on any atom is 0.323 e. The van der Waals surface area contributed by atoms with Crippen molar-refractivity contribution in [1.29, 1.82) is 0 Å². The van der Waals surface area contributed by atoms with Gasteiger partial charge in [0.25, 0.3) is 0 Å². The van der Waals surface area contributed by atoms with E-state index in [2.05, 4.69) is 5.32 Å². The van der Waals surface area contributed by atoms with Crippen molar-refractivity contribution in [3.63, 3.8) is 0 Å². The van der Waals surface area contributed by atoms with Crippen molar-refractivity contribution in [3.05, 3.63) is 29.8 Å². The number of aliphatic carboxylic acids is 1. The molecule has 0 aliphatic rings. The summed E-state index contributed by atoms with van der Waals surface area (Å²) in [5.41, 5.74) is 1.10. The van der Waals surface area contributed by atoms with Gasteiger partial charge < -0.3 is 20.1 Å². The first-order valence-electron chi connectivity index (χ1n) is 6.86. The molecule has 6 nitrogen and oxygen atoms in total. The summed E-state index contributed by atoms with van der Waals surface area (Å²) in [6.07, 6.45) is 0. The third kappa shape index (κ3) is 6.16. The van der Waals surface area contributed by atoms with Crippen LogP contribution in [0.3, 0.4) is 0 Å². The number of ether oxygens (including phenoxy) is 1. The average Bonchev–Trinajstić information content (AvgIpc) is 2.40. The molecule has 0 heterocycles. The molecular formula is C15H22N2O4. The number of hydrogen-bond donors (Lipinski definition) is 2. The number of nitrogens with one attached hydrogen (secondary N) is 1. The summed E-state index contributed by atoms with van der Waals surface area (Å²) in [7, 11) is 0. The summed E-state index contributed by atoms with van der Waals surface area (Å²) in [4.78, 5) is 23.9. The Morgan fingerprint density at radius 2 is 2.10 bits per heavy atom. The van der Waals surface area contributed by atoms with Gasteiger partial charge >= 0.3 is 12.0 Å². The number of urea groups is 1. The lowest BCUT2D eigenvalue weighted by Crippen LogP contribution is -2.47. The molecule has 1 aromatic carbocycles. The van der Waals surface area contributed by atoms with E-state index >= 15 is 0 Å². The zero-order chi connectivity index (χ0) is 15.8. The van der Waals surface area contributed by atoms with Crippen LogP contribution in [0.2, 0.25) is 0 Å². The van der Waals surface area contributed by atoms with E-state index in [1.807, 2.05) is 31.2 Å². The SMILES string of the molecule is Cc1cccc(OCCNC(=O)N(CC(=O)O)C(C)C)c1. The Morgan fingerprint density at radius 3 is 2.67 bits per heavy atom. The van der Waals surface area contributed by atoms with Crippen molar-refractivity contribution >= 4 is 12.0 Å². The number of benzene rings is 1. The van der Waals surface area contributed by atoms with Crippen molar-refractivity contribution in [1.82, 2.24) is 10.2 Å². The van der Waals surface area contributed by atoms with Gasteiger partial charge in [-0.2, -0.15) is 0 Å². The van der Waals surface area contributed by atoms with Crippen LogP contribution in [-0.4, -0.2) is 47.7 Å². The Morgan fingerprint density at radius 1 is 1.38 bits per heavy atom. The lowest BCUT2D eigenvalue weighted by molar-refractivity contribution is -0.138. The first-order valence-corrected chi connectivity index (χ1v) is 6.86. The Labute approximate surface area is 124 Å². The third-order valence-corrected chi connectivity index (χ3v) is 2.83. The van der Waals surface area contributed by atoms with E-state index in [1.165, 1.54) is 4.90 Å². The van der Waals surface area contributed by atoms with Crippen molar-refractivity contribution in [3.8, 4) is 5.75 Å². The standard InChI is InChI=1S/C15H22N2O4/c1-11(2)17(10-14(18)19)15(20)16-7-8-21-13-6-4-5-12(3)9-13/h4-6,9,11H,7-8,10H2,1-3H3,(H,16,20)(H,18,19). The molecule has 1 aromatic rings. The van der Waals surface area contributed by atoms with Crippen LogP contribution in [0.25, 0.3) is 0 Å². The summed E-state index contributed by atoms with van der Waals surface area (Å²) in [5, 5.41) is 11.4. The second kappa shape index (κ2) is 8.14. The third-order valence-electron chi connectivity index (χ3n) is 2.83. The fourth-order valence-electron chi connectivity index (χ4n) is 1.77. The average molecular weight is 294 g/mol. The van der Waals surface area contributed by atoms with Crippen LogP contribution >= 0.6 is 0 Å². The molecule has 0 atom stereocenters. The predicted molar refractivity (Wildman–Crippen MR) is 79.6 cm³/mol. The molecule has 2 N–H and O–H groups in total. The molecule has 2 amide bonds. The number of carbonyl (C=O) groups is 2. The Balaban J connectivity index is 2.36. The Kier molecular flexibility index (Phi) is 6.52. The highest BCUT2D eigenvalue weighted by Gasteiger charge is 2.19. The molecular weight excluding hydrogens is 272 g/mol. The van der Waals surface area contributed by atoms with E-state index < -0.39 is 12.0 Å². The largest absolute Gasteiger partial charge is 0.492 e. The summed E-state index contributed by atoms with van der Waals surface area (Å²) in [6.45, 7) is 5.84. The van der Waals surface area contributed by atoms with E-state index in [0.29, 0.717) is 13.2 Å². The first-order chi connectivity index (χ1) is 9.90. The molecule has 0 saturated carbocycles. The van der Waals surface area contributed by atoms with Gasteiger partial charge in [-0.25, -0.2) is 4.79 Å². The highest BCUT2D eigenvalue weighted by Crippen LogP contribution is 2.11. The highest BCUT2D eigenvalue weighted by molar-refractivity contribution is 5.80. The number of hydrogen-bond acceptors (Lipinski definition) is 3. The van der Waals surface area contributed by atoms with Crippen molar-refractivity contribution in [2.45, 2.75) is 26.8 Å². The number of amides is 2. The number of rotatable bonds is 7. The molecule has 6 heteroatoms. The fourth-order valence-corrected chi connectivity index (χ4v) is 1.77. The van der Waals surface area contributed by atoms with Gasteiger partial charge in [-0.05, 0) is 38.5 Å². The van der Waals surface area contributed by atoms with Gasteiger partial charge in [0.15, 0.2) is 0 Å². The van der Waals surface area contributed by atoms with Gasteiger partial charge in [0.05, 0.1) is 6.54 Å². The van der Waals surface area contributed by atoms with Crippen molar-refractivity contribution in [2.24, 2.45) is 0 Å². The number of aryl methyl sites for hydroxylation is 1. The molecule has 0 unspecified atom stereocenters. The van der Waals surface area contributed by atoms with Crippen LogP contribution in [0.4, 0.5) is 4.79 Å². The Bertz CT molecular complexity index is 488. The predicted octanol–water partition coefficient (Wildman–Crippen LogP) is 1.88. The summed E-state index contributed by atoms with van der Waals surface area (Å²) in [5.74, 6) is -0.287. The maximum atomic E-state index is 11.9. The molecule has 0 radical (unpaired) electrons. The smallest absolute Gasteiger partial charge is 0.323 e. The highest BCUT2D eigenvalue weighted by atomic mass is 16.5. The summed E-state index contributed by atoms with van der Waals surface area (Å²) < 4.78 is 5.51. The minimum absolute atomic E-state index is 0.182. The lowest BCUT2D eigenvalue weighted by Gasteiger charge is -2.25. The van der Waals surface area contributed by atoms with Crippen LogP contribution in [0, 0.1) is 6.92 Å². The molecule has 0 spiro atoms. The van der Waals surface area contributed by atoms with Crippen LogP contribution in [0.1, 0.15) is 19.4 Å². The molecule has 0 bridgehead atoms. The normalized spacial score (nSPS) is 10.3. The van der Waals surface area contributed by atoms with Gasteiger partial charge in [0.1, 0.15) is 18.9 Å². The van der Waals surface area contributed by atoms with E-state index in [0.717, 1.165) is 11.3 Å². The summed E-state index contributed by atoms with van der Waals surface area (Å²) >= 11 is 0. The topological polar surface area (TPSA) is 78.9 Å². The lowest BCUT2D eigenvalue weighted by atomic mass is 10.2. The van der Waals surface area contributed by atoms with Crippen LogP contribution in [-0.2, 0) is 4.79 Å². The number of carboxylic acids is 1. The van der Waals surface area contributed by atoms with Gasteiger partial charge in [-0.1, -0.05) is 12.1 Å². The van der Waals surface area contributed by atoms with Gasteiger partial charge in [-0.3, -0.25) is 4.79 Å². The number of nitrogens with zero attached hydrogens (tertiary/aromatic N) is 1. The minimum Gasteiger partial charge on any atom is -0.492 e. The van der Waals surface area contributed by atoms with E-state index in [1.54, 1.807) is 13.8 Å². The van der Waals surface area contributed by atoms with Gasteiger partial charge in [0, 0.05) is 6.04 Å². The van der Waals surface area contributed by atoms with Crippen LogP contribution < -0.4 is 10.1 Å². The molecule has 0 aromatic heterocycles. The molecule has 0 aliphatic heterocycles. The quantitative estimate of drug-likeness (QED) is 0.753. The molecule has 21 heavy (non-hydrogen) atoms. The second-order valence-electron chi connectivity index (χ2n) is 5.01. The number of carboxylic acid groups (broad SMARTS) is 1. The Hall–Kier alpha value is -2.24. The van der Waals surface area contributed by atoms with Crippen molar-refractivity contribution < 1.29 is 19.4 Å². The summed E-state index contributed by atoms with van der Waals surface area (Å²) in [6, 6.07) is 7.04. The van der Waals surface area contributed by atoms with Crippen molar-refractivity contribution in [2.75, 3.05) is 19.7 Å². The van der Waals surface area contributed by atoms with Crippen LogP contribution in [0.15, 0.2) is 24.3 Å². The maximum absolute atomic E-state index is 11.9. The molecule has 0 fully saturated rings. The van der Waals surface area contributed by atoms with Gasteiger partial charge in [0.2, 0.25) is 0 Å². The minimum atomic E-state index is -1.03. The molecule has 0 saturated heterocycles. The van der Waals surface area contributed by atoms with E-state index in [-0.39, 0.29) is 12.6 Å². The zero-order valence-electron chi connectivity index (χ0n) is 12.6. The van der Waals surface area contributed by atoms with E-state index in [9.17, 15) is 9.59 Å². The van der Waals surface area contributed by atoms with E-state index in [4.69, 9.17) is 9.84 Å². The fraction of sp³-hybridized carbons (Fsp3) is 0.467. The number of carbonyl (C=O) groups excluding carboxylic acids is 1. The van der Waals surface area contributed by atoms with Gasteiger partial charge in [-0.15, -0.1) is 0 Å². The second-order valence-corrected chi connectivity index (χ2v) is 5.01. The molecule has 116 valence electrons. The van der Waals surface area contributed by atoms with Crippen LogP contribution in [0.5, 0.6) is 5.75 Å². The first kappa shape index (κ1) is 16.8. The zero-order valence-corrected chi connectivity index (χ0v) is 12.6.